The minimum absolute atomic E-state index is 0.0466. The van der Waals surface area contributed by atoms with Gasteiger partial charge in [0.1, 0.15) is 17.4 Å². The number of benzene rings is 1. The van der Waals surface area contributed by atoms with E-state index in [4.69, 9.17) is 23.2 Å². The first kappa shape index (κ1) is 16.1. The van der Waals surface area contributed by atoms with Crippen molar-refractivity contribution in [2.45, 2.75) is 38.6 Å². The van der Waals surface area contributed by atoms with Gasteiger partial charge in [0.15, 0.2) is 0 Å². The van der Waals surface area contributed by atoms with Gasteiger partial charge >= 0.3 is 0 Å². The van der Waals surface area contributed by atoms with E-state index in [2.05, 4.69) is 10.3 Å². The minimum Gasteiger partial charge on any atom is -0.354 e. The molecular weight excluding hydrogens is 309 g/mol. The fraction of sp³-hybridized carbons (Fsp3) is 0.467. The standard InChI is InChI=1S/C15H19Cl2N3O/c1-4-8-18-15(21)10(3)20-12-7-5-6-11(17)13(12)19-14(20)9(2)16/h5-7,9-10H,4,8H2,1-3H3,(H,18,21). The molecule has 21 heavy (non-hydrogen) atoms. The van der Waals surface area contributed by atoms with Crippen LogP contribution in [0.1, 0.15) is 44.4 Å². The summed E-state index contributed by atoms with van der Waals surface area (Å²) >= 11 is 12.4. The number of carbonyl (C=O) groups excluding carboxylic acids is 1. The summed E-state index contributed by atoms with van der Waals surface area (Å²) in [6.45, 7) is 6.35. The van der Waals surface area contributed by atoms with Crippen molar-refractivity contribution in [2.75, 3.05) is 6.54 Å². The molecule has 0 saturated carbocycles. The molecule has 1 N–H and O–H groups in total. The fourth-order valence-corrected chi connectivity index (χ4v) is 2.67. The van der Waals surface area contributed by atoms with Crippen molar-refractivity contribution in [1.29, 1.82) is 0 Å². The molecule has 1 aromatic carbocycles. The van der Waals surface area contributed by atoms with E-state index >= 15 is 0 Å². The summed E-state index contributed by atoms with van der Waals surface area (Å²) in [5.74, 6) is 0.605. The van der Waals surface area contributed by atoms with Crippen LogP contribution in [0.25, 0.3) is 11.0 Å². The summed E-state index contributed by atoms with van der Waals surface area (Å²) in [5, 5.41) is 3.15. The number of nitrogens with zero attached hydrogens (tertiary/aromatic N) is 2. The van der Waals surface area contributed by atoms with Gasteiger partial charge in [0.25, 0.3) is 0 Å². The van der Waals surface area contributed by atoms with Crippen molar-refractivity contribution in [3.63, 3.8) is 0 Å². The van der Waals surface area contributed by atoms with Gasteiger partial charge in [-0.05, 0) is 32.4 Å². The van der Waals surface area contributed by atoms with Crippen LogP contribution in [0.15, 0.2) is 18.2 Å². The van der Waals surface area contributed by atoms with Gasteiger partial charge in [-0.1, -0.05) is 24.6 Å². The molecule has 4 nitrogen and oxygen atoms in total. The molecule has 0 bridgehead atoms. The van der Waals surface area contributed by atoms with E-state index in [0.29, 0.717) is 22.9 Å². The number of amides is 1. The molecule has 0 aliphatic rings. The third kappa shape index (κ3) is 3.16. The van der Waals surface area contributed by atoms with Crippen LogP contribution in [0.5, 0.6) is 0 Å². The van der Waals surface area contributed by atoms with Crippen molar-refractivity contribution in [3.05, 3.63) is 29.0 Å². The highest BCUT2D eigenvalue weighted by Crippen LogP contribution is 2.31. The molecule has 114 valence electrons. The van der Waals surface area contributed by atoms with Crippen molar-refractivity contribution < 1.29 is 4.79 Å². The van der Waals surface area contributed by atoms with Gasteiger partial charge in [-0.25, -0.2) is 4.98 Å². The third-order valence-corrected chi connectivity index (χ3v) is 3.87. The van der Waals surface area contributed by atoms with E-state index in [1.807, 2.05) is 37.5 Å². The Morgan fingerprint density at radius 2 is 2.14 bits per heavy atom. The number of carbonyl (C=O) groups is 1. The van der Waals surface area contributed by atoms with Crippen LogP contribution in [0, 0.1) is 0 Å². The maximum absolute atomic E-state index is 12.3. The molecular formula is C15H19Cl2N3O. The first-order valence-corrected chi connectivity index (χ1v) is 7.87. The highest BCUT2D eigenvalue weighted by atomic mass is 35.5. The maximum atomic E-state index is 12.3. The second-order valence-corrected chi connectivity index (χ2v) is 6.09. The second-order valence-electron chi connectivity index (χ2n) is 5.03. The normalized spacial score (nSPS) is 14.1. The van der Waals surface area contributed by atoms with Crippen LogP contribution in [0.3, 0.4) is 0 Å². The summed E-state index contributed by atoms with van der Waals surface area (Å²) < 4.78 is 1.86. The van der Waals surface area contributed by atoms with Crippen molar-refractivity contribution in [1.82, 2.24) is 14.9 Å². The molecule has 0 radical (unpaired) electrons. The zero-order valence-corrected chi connectivity index (χ0v) is 13.9. The number of hydrogen-bond donors (Lipinski definition) is 1. The summed E-state index contributed by atoms with van der Waals surface area (Å²) in [5.41, 5.74) is 1.50. The lowest BCUT2D eigenvalue weighted by Crippen LogP contribution is -2.32. The van der Waals surface area contributed by atoms with Gasteiger partial charge in [-0.3, -0.25) is 4.79 Å². The van der Waals surface area contributed by atoms with Gasteiger partial charge in [0.2, 0.25) is 5.91 Å². The van der Waals surface area contributed by atoms with Gasteiger partial charge in [-0.15, -0.1) is 11.6 Å². The number of aromatic nitrogens is 2. The van der Waals surface area contributed by atoms with Crippen LogP contribution in [-0.2, 0) is 4.79 Å². The molecule has 2 atom stereocenters. The number of alkyl halides is 1. The van der Waals surface area contributed by atoms with Crippen LogP contribution in [0.2, 0.25) is 5.02 Å². The highest BCUT2D eigenvalue weighted by molar-refractivity contribution is 6.35. The molecule has 2 unspecified atom stereocenters. The Morgan fingerprint density at radius 3 is 2.76 bits per heavy atom. The van der Waals surface area contributed by atoms with E-state index in [9.17, 15) is 4.79 Å². The molecule has 1 aromatic heterocycles. The molecule has 0 saturated heterocycles. The molecule has 1 amide bonds. The smallest absolute Gasteiger partial charge is 0.242 e. The monoisotopic (exact) mass is 327 g/mol. The van der Waals surface area contributed by atoms with Crippen LogP contribution >= 0.6 is 23.2 Å². The first-order chi connectivity index (χ1) is 9.97. The Bertz CT molecular complexity index is 652. The van der Waals surface area contributed by atoms with Crippen LogP contribution in [0.4, 0.5) is 0 Å². The summed E-state index contributed by atoms with van der Waals surface area (Å²) in [6.07, 6.45) is 0.897. The van der Waals surface area contributed by atoms with Crippen LogP contribution in [-0.4, -0.2) is 22.0 Å². The summed E-state index contributed by atoms with van der Waals surface area (Å²) in [4.78, 5) is 16.8. The molecule has 2 rings (SSSR count). The first-order valence-electron chi connectivity index (χ1n) is 7.05. The highest BCUT2D eigenvalue weighted by Gasteiger charge is 2.24. The van der Waals surface area contributed by atoms with E-state index in [1.165, 1.54) is 0 Å². The van der Waals surface area contributed by atoms with Gasteiger partial charge in [0, 0.05) is 6.54 Å². The lowest BCUT2D eigenvalue weighted by molar-refractivity contribution is -0.123. The minimum atomic E-state index is -0.392. The zero-order chi connectivity index (χ0) is 15.6. The molecule has 6 heteroatoms. The Morgan fingerprint density at radius 1 is 1.43 bits per heavy atom. The largest absolute Gasteiger partial charge is 0.354 e. The number of halogens is 2. The molecule has 0 spiro atoms. The molecule has 0 aliphatic carbocycles. The molecule has 0 aliphatic heterocycles. The van der Waals surface area contributed by atoms with E-state index in [1.54, 1.807) is 6.07 Å². The molecule has 0 fully saturated rings. The predicted molar refractivity (Wildman–Crippen MR) is 87.0 cm³/mol. The average molecular weight is 328 g/mol. The van der Waals surface area contributed by atoms with Crippen molar-refractivity contribution in [3.8, 4) is 0 Å². The Kier molecular flexibility index (Phi) is 5.12. The van der Waals surface area contributed by atoms with E-state index in [0.717, 1.165) is 11.9 Å². The topological polar surface area (TPSA) is 46.9 Å². The van der Waals surface area contributed by atoms with Crippen molar-refractivity contribution >= 4 is 40.1 Å². The Labute approximate surface area is 134 Å². The predicted octanol–water partition coefficient (Wildman–Crippen LogP) is 4.08. The van der Waals surface area contributed by atoms with Gasteiger partial charge < -0.3 is 9.88 Å². The van der Waals surface area contributed by atoms with Gasteiger partial charge in [0.05, 0.1) is 15.9 Å². The average Bonchev–Trinajstić information content (AvgIpc) is 2.85. The van der Waals surface area contributed by atoms with Crippen molar-refractivity contribution in [2.24, 2.45) is 0 Å². The number of imidazole rings is 1. The van der Waals surface area contributed by atoms with Crippen LogP contribution < -0.4 is 5.32 Å². The quantitative estimate of drug-likeness (QED) is 0.841. The summed E-state index contributed by atoms with van der Waals surface area (Å²) in [6, 6.07) is 5.14. The number of fused-ring (bicyclic) bond motifs is 1. The molecule has 2 aromatic rings. The Hall–Kier alpha value is -1.26. The Balaban J connectivity index is 2.52. The number of para-hydroxylation sites is 1. The number of nitrogens with one attached hydrogen (secondary N) is 1. The summed E-state index contributed by atoms with van der Waals surface area (Å²) in [7, 11) is 0. The second kappa shape index (κ2) is 6.67. The van der Waals surface area contributed by atoms with Gasteiger partial charge in [-0.2, -0.15) is 0 Å². The lowest BCUT2D eigenvalue weighted by atomic mass is 10.2. The zero-order valence-electron chi connectivity index (χ0n) is 12.4. The number of rotatable bonds is 5. The van der Waals surface area contributed by atoms with E-state index < -0.39 is 6.04 Å². The SMILES string of the molecule is CCCNC(=O)C(C)n1c(C(C)Cl)nc2c(Cl)cccc21. The number of hydrogen-bond acceptors (Lipinski definition) is 2. The third-order valence-electron chi connectivity index (χ3n) is 3.37. The lowest BCUT2D eigenvalue weighted by Gasteiger charge is -2.18. The van der Waals surface area contributed by atoms with E-state index in [-0.39, 0.29) is 11.3 Å². The molecule has 1 heterocycles. The maximum Gasteiger partial charge on any atom is 0.242 e. The fourth-order valence-electron chi connectivity index (χ4n) is 2.30.